The average molecular weight is 439 g/mol. The number of fused-ring (bicyclic) bond motifs is 3. The highest BCUT2D eigenvalue weighted by Crippen LogP contribution is 2.50. The van der Waals surface area contributed by atoms with Gasteiger partial charge in [0, 0.05) is 23.2 Å². The molecule has 0 saturated carbocycles. The van der Waals surface area contributed by atoms with Gasteiger partial charge in [-0.2, -0.15) is 0 Å². The maximum absolute atomic E-state index is 12.1. The molecule has 0 fully saturated rings. The van der Waals surface area contributed by atoms with Gasteiger partial charge in [-0.25, -0.2) is 0 Å². The van der Waals surface area contributed by atoms with Crippen LogP contribution in [0.15, 0.2) is 84.9 Å². The maximum atomic E-state index is 12.1. The first-order valence-electron chi connectivity index (χ1n) is 11.7. The summed E-state index contributed by atoms with van der Waals surface area (Å²) in [6.45, 7) is 4.39. The van der Waals surface area contributed by atoms with Gasteiger partial charge in [-0.15, -0.1) is 0 Å². The van der Waals surface area contributed by atoms with Gasteiger partial charge in [0.15, 0.2) is 0 Å². The molecule has 1 amide bonds. The molecule has 0 spiro atoms. The van der Waals surface area contributed by atoms with E-state index in [1.807, 2.05) is 38.1 Å². The summed E-state index contributed by atoms with van der Waals surface area (Å²) in [7, 11) is 0. The van der Waals surface area contributed by atoms with Crippen molar-refractivity contribution in [1.82, 2.24) is 0 Å². The molecule has 3 unspecified atom stereocenters. The third-order valence-corrected chi connectivity index (χ3v) is 6.64. The number of carbonyl (C=O) groups is 1. The lowest BCUT2D eigenvalue weighted by molar-refractivity contribution is -0.118. The van der Waals surface area contributed by atoms with Crippen molar-refractivity contribution >= 4 is 17.3 Å². The highest BCUT2D eigenvalue weighted by atomic mass is 16.5. The molecule has 3 aromatic rings. The minimum atomic E-state index is -0.0395. The normalized spacial score (nSPS) is 20.6. The first-order chi connectivity index (χ1) is 16.1. The highest BCUT2D eigenvalue weighted by molar-refractivity contribution is 5.92. The molecule has 1 heterocycles. The van der Waals surface area contributed by atoms with E-state index in [-0.39, 0.29) is 17.9 Å². The van der Waals surface area contributed by atoms with E-state index in [2.05, 4.69) is 71.3 Å². The number of hydrogen-bond donors (Lipinski definition) is 2. The summed E-state index contributed by atoms with van der Waals surface area (Å²) in [5, 5.41) is 6.81. The lowest BCUT2D eigenvalue weighted by Crippen LogP contribution is -2.29. The van der Waals surface area contributed by atoms with E-state index in [9.17, 15) is 4.79 Å². The van der Waals surface area contributed by atoms with Crippen LogP contribution in [0, 0.1) is 11.8 Å². The molecule has 0 radical (unpaired) electrons. The van der Waals surface area contributed by atoms with Gasteiger partial charge < -0.3 is 15.4 Å². The zero-order chi connectivity index (χ0) is 22.8. The summed E-state index contributed by atoms with van der Waals surface area (Å²) in [6.07, 6.45) is 5.65. The Morgan fingerprint density at radius 2 is 1.85 bits per heavy atom. The average Bonchev–Trinajstić information content (AvgIpc) is 3.34. The number of hydrogen-bond acceptors (Lipinski definition) is 3. The van der Waals surface area contributed by atoms with Crippen LogP contribution >= 0.6 is 0 Å². The largest absolute Gasteiger partial charge is 0.489 e. The fraction of sp³-hybridized carbons (Fsp3) is 0.276. The predicted molar refractivity (Wildman–Crippen MR) is 133 cm³/mol. The van der Waals surface area contributed by atoms with Crippen LogP contribution in [0.2, 0.25) is 0 Å². The van der Waals surface area contributed by atoms with Gasteiger partial charge in [-0.3, -0.25) is 4.79 Å². The molecule has 1 aliphatic heterocycles. The molecule has 4 heteroatoms. The molecular formula is C29H30N2O2. The second-order valence-corrected chi connectivity index (χ2v) is 9.26. The van der Waals surface area contributed by atoms with E-state index < -0.39 is 0 Å². The van der Waals surface area contributed by atoms with E-state index in [1.54, 1.807) is 0 Å². The number of allylic oxidation sites excluding steroid dienone is 2. The van der Waals surface area contributed by atoms with Crippen LogP contribution in [-0.4, -0.2) is 5.91 Å². The van der Waals surface area contributed by atoms with Crippen molar-refractivity contribution in [2.75, 3.05) is 10.6 Å². The highest BCUT2D eigenvalue weighted by Gasteiger charge is 2.38. The third-order valence-electron chi connectivity index (χ3n) is 6.64. The van der Waals surface area contributed by atoms with Crippen molar-refractivity contribution in [2.24, 2.45) is 11.8 Å². The summed E-state index contributed by atoms with van der Waals surface area (Å²) in [5.74, 6) is 1.68. The van der Waals surface area contributed by atoms with Gasteiger partial charge in [0.2, 0.25) is 5.91 Å². The van der Waals surface area contributed by atoms with Crippen molar-refractivity contribution in [3.63, 3.8) is 0 Å². The van der Waals surface area contributed by atoms with Crippen LogP contribution in [0.5, 0.6) is 5.75 Å². The summed E-state index contributed by atoms with van der Waals surface area (Å²) >= 11 is 0. The maximum Gasteiger partial charge on any atom is 0.226 e. The van der Waals surface area contributed by atoms with Crippen molar-refractivity contribution in [1.29, 1.82) is 0 Å². The van der Waals surface area contributed by atoms with Crippen molar-refractivity contribution in [2.45, 2.75) is 38.8 Å². The number of anilines is 2. The van der Waals surface area contributed by atoms with Crippen molar-refractivity contribution in [3.05, 3.63) is 102 Å². The van der Waals surface area contributed by atoms with Crippen LogP contribution in [-0.2, 0) is 11.4 Å². The molecule has 33 heavy (non-hydrogen) atoms. The molecule has 4 nitrogen and oxygen atoms in total. The Hall–Kier alpha value is -3.53. The molecule has 0 bridgehead atoms. The number of benzene rings is 3. The van der Waals surface area contributed by atoms with E-state index >= 15 is 0 Å². The summed E-state index contributed by atoms with van der Waals surface area (Å²) in [6, 6.07) is 25.2. The zero-order valence-electron chi connectivity index (χ0n) is 19.1. The van der Waals surface area contributed by atoms with Crippen LogP contribution in [0.4, 0.5) is 11.4 Å². The summed E-state index contributed by atoms with van der Waals surface area (Å²) in [4.78, 5) is 12.1. The van der Waals surface area contributed by atoms with Crippen molar-refractivity contribution in [3.8, 4) is 5.75 Å². The monoisotopic (exact) mass is 438 g/mol. The van der Waals surface area contributed by atoms with Crippen molar-refractivity contribution < 1.29 is 9.53 Å². The number of ether oxygens (including phenoxy) is 1. The molecule has 1 aliphatic carbocycles. The number of carbonyl (C=O) groups excluding carboxylic acids is 1. The van der Waals surface area contributed by atoms with E-state index in [0.717, 1.165) is 29.1 Å². The summed E-state index contributed by atoms with van der Waals surface area (Å²) in [5.41, 5.74) is 5.69. The second kappa shape index (κ2) is 9.14. The Bertz CT molecular complexity index is 1150. The van der Waals surface area contributed by atoms with Crippen LogP contribution < -0.4 is 15.4 Å². The number of rotatable bonds is 6. The van der Waals surface area contributed by atoms with Gasteiger partial charge in [0.25, 0.3) is 0 Å². The molecule has 168 valence electrons. The van der Waals surface area contributed by atoms with Gasteiger partial charge in [-0.05, 0) is 59.4 Å². The fourth-order valence-corrected chi connectivity index (χ4v) is 4.80. The Balaban J connectivity index is 1.33. The lowest BCUT2D eigenvalue weighted by Gasteiger charge is -2.37. The molecule has 2 aliphatic rings. The van der Waals surface area contributed by atoms with Gasteiger partial charge in [0.1, 0.15) is 12.4 Å². The van der Waals surface area contributed by atoms with Crippen LogP contribution in [0.1, 0.15) is 48.9 Å². The standard InChI is InChI=1S/C29H30N2O2/c1-19(2)29(32)30-22-13-16-27-26(17-22)24-9-6-10-25(24)28(31-27)21-11-14-23(15-12-21)33-18-20-7-4-3-5-8-20/h3-9,11-17,19,24-25,28,31H,10,18H2,1-2H3,(H,30,32). The molecule has 5 rings (SSSR count). The van der Waals surface area contributed by atoms with Gasteiger partial charge in [0.05, 0.1) is 6.04 Å². The molecule has 2 N–H and O–H groups in total. The number of nitrogens with one attached hydrogen (secondary N) is 2. The lowest BCUT2D eigenvalue weighted by atomic mass is 9.77. The Kier molecular flexibility index (Phi) is 5.91. The molecule has 3 atom stereocenters. The minimum absolute atomic E-state index is 0.0395. The Morgan fingerprint density at radius 1 is 1.06 bits per heavy atom. The smallest absolute Gasteiger partial charge is 0.226 e. The fourth-order valence-electron chi connectivity index (χ4n) is 4.80. The first kappa shape index (κ1) is 21.3. The summed E-state index contributed by atoms with van der Waals surface area (Å²) < 4.78 is 5.97. The predicted octanol–water partition coefficient (Wildman–Crippen LogP) is 6.69. The second-order valence-electron chi connectivity index (χ2n) is 9.26. The zero-order valence-corrected chi connectivity index (χ0v) is 19.1. The van der Waals surface area contributed by atoms with Crippen LogP contribution in [0.25, 0.3) is 0 Å². The van der Waals surface area contributed by atoms with E-state index in [1.165, 1.54) is 11.1 Å². The molecule has 0 saturated heterocycles. The van der Waals surface area contributed by atoms with E-state index in [0.29, 0.717) is 18.4 Å². The minimum Gasteiger partial charge on any atom is -0.489 e. The Morgan fingerprint density at radius 3 is 2.61 bits per heavy atom. The Labute approximate surface area is 195 Å². The quantitative estimate of drug-likeness (QED) is 0.422. The SMILES string of the molecule is CC(C)C(=O)Nc1ccc2c(c1)C1C=CCC1C(c1ccc(OCc3ccccc3)cc1)N2. The van der Waals surface area contributed by atoms with Gasteiger partial charge in [-0.1, -0.05) is 68.5 Å². The topological polar surface area (TPSA) is 50.4 Å². The van der Waals surface area contributed by atoms with Crippen LogP contribution in [0.3, 0.4) is 0 Å². The van der Waals surface area contributed by atoms with E-state index in [4.69, 9.17) is 4.74 Å². The molecular weight excluding hydrogens is 408 g/mol. The molecule has 0 aromatic heterocycles. The first-order valence-corrected chi connectivity index (χ1v) is 11.7. The van der Waals surface area contributed by atoms with Gasteiger partial charge >= 0.3 is 0 Å². The number of amides is 1. The third kappa shape index (κ3) is 4.51. The molecule has 3 aromatic carbocycles.